The summed E-state index contributed by atoms with van der Waals surface area (Å²) in [6.07, 6.45) is 5.46. The van der Waals surface area contributed by atoms with Gasteiger partial charge in [-0.05, 0) is 51.4 Å². The van der Waals surface area contributed by atoms with Gasteiger partial charge in [0.15, 0.2) is 0 Å². The first-order valence-corrected chi connectivity index (χ1v) is 6.86. The Hall–Kier alpha value is -0.800. The van der Waals surface area contributed by atoms with E-state index in [1.54, 1.807) is 6.26 Å². The zero-order valence-corrected chi connectivity index (χ0v) is 12.3. The molecule has 0 radical (unpaired) electrons. The number of hydrogen-bond donors (Lipinski definition) is 1. The second-order valence-electron chi connectivity index (χ2n) is 6.07. The topological polar surface area (TPSA) is 42.4 Å². The molecule has 0 aliphatic heterocycles. The fraction of sp³-hybridized carbons (Fsp3) is 0.733. The van der Waals surface area contributed by atoms with Crippen molar-refractivity contribution < 1.29 is 4.42 Å². The Morgan fingerprint density at radius 3 is 2.61 bits per heavy atom. The molecule has 0 spiro atoms. The summed E-state index contributed by atoms with van der Waals surface area (Å²) < 4.78 is 5.31. The van der Waals surface area contributed by atoms with E-state index in [1.165, 1.54) is 24.8 Å². The first-order valence-electron chi connectivity index (χ1n) is 6.86. The minimum Gasteiger partial charge on any atom is -0.469 e. The fourth-order valence-electron chi connectivity index (χ4n) is 2.03. The van der Waals surface area contributed by atoms with Crippen LogP contribution in [0.3, 0.4) is 0 Å². The van der Waals surface area contributed by atoms with Gasteiger partial charge < -0.3 is 15.1 Å². The molecule has 0 aliphatic rings. The molecular weight excluding hydrogens is 224 g/mol. The number of aryl methyl sites for hydroxylation is 1. The molecule has 1 aromatic heterocycles. The summed E-state index contributed by atoms with van der Waals surface area (Å²) in [6, 6.07) is 2.06. The zero-order chi connectivity index (χ0) is 13.6. The van der Waals surface area contributed by atoms with Gasteiger partial charge in [-0.1, -0.05) is 20.3 Å². The van der Waals surface area contributed by atoms with Gasteiger partial charge in [-0.15, -0.1) is 0 Å². The lowest BCUT2D eigenvalue weighted by Gasteiger charge is -2.23. The third-order valence-electron chi connectivity index (χ3n) is 3.60. The van der Waals surface area contributed by atoms with Crippen molar-refractivity contribution in [2.75, 3.05) is 20.1 Å². The van der Waals surface area contributed by atoms with E-state index < -0.39 is 0 Å². The summed E-state index contributed by atoms with van der Waals surface area (Å²) in [6.45, 7) is 9.38. The van der Waals surface area contributed by atoms with E-state index in [0.717, 1.165) is 25.4 Å². The summed E-state index contributed by atoms with van der Waals surface area (Å²) in [5, 5.41) is 0. The predicted octanol–water partition coefficient (Wildman–Crippen LogP) is 3.18. The molecule has 104 valence electrons. The van der Waals surface area contributed by atoms with Gasteiger partial charge in [0.1, 0.15) is 5.76 Å². The molecule has 0 atom stereocenters. The molecular formula is C15H28N2O. The first kappa shape index (κ1) is 15.3. The van der Waals surface area contributed by atoms with E-state index in [9.17, 15) is 0 Å². The first-order chi connectivity index (χ1) is 8.44. The Kier molecular flexibility index (Phi) is 5.89. The van der Waals surface area contributed by atoms with Gasteiger partial charge in [0.2, 0.25) is 0 Å². The van der Waals surface area contributed by atoms with Gasteiger partial charge in [0.25, 0.3) is 0 Å². The summed E-state index contributed by atoms with van der Waals surface area (Å²) >= 11 is 0. The van der Waals surface area contributed by atoms with Gasteiger partial charge in [0, 0.05) is 12.1 Å². The number of nitrogens with two attached hydrogens (primary N) is 1. The van der Waals surface area contributed by atoms with Crippen molar-refractivity contribution in [2.24, 2.45) is 11.1 Å². The highest BCUT2D eigenvalue weighted by molar-refractivity contribution is 5.14. The van der Waals surface area contributed by atoms with Crippen LogP contribution in [0.4, 0.5) is 0 Å². The van der Waals surface area contributed by atoms with Crippen molar-refractivity contribution in [2.45, 2.75) is 46.6 Å². The SMILES string of the molecule is Cc1occc1CN(C)CCCCC(C)(C)CN. The molecule has 2 N–H and O–H groups in total. The number of nitrogens with zero attached hydrogens (tertiary/aromatic N) is 1. The fourth-order valence-corrected chi connectivity index (χ4v) is 2.03. The second-order valence-corrected chi connectivity index (χ2v) is 6.07. The third-order valence-corrected chi connectivity index (χ3v) is 3.60. The molecule has 0 aromatic carbocycles. The van der Waals surface area contributed by atoms with Gasteiger partial charge in [-0.2, -0.15) is 0 Å². The standard InChI is InChI=1S/C15H28N2O/c1-13-14(7-10-18-13)11-17(4)9-6-5-8-15(2,3)12-16/h7,10H,5-6,8-9,11-12,16H2,1-4H3. The summed E-state index contributed by atoms with van der Waals surface area (Å²) in [5.74, 6) is 1.03. The van der Waals surface area contributed by atoms with Crippen molar-refractivity contribution in [3.8, 4) is 0 Å². The van der Waals surface area contributed by atoms with E-state index >= 15 is 0 Å². The lowest BCUT2D eigenvalue weighted by atomic mass is 9.87. The van der Waals surface area contributed by atoms with Gasteiger partial charge >= 0.3 is 0 Å². The zero-order valence-electron chi connectivity index (χ0n) is 12.3. The van der Waals surface area contributed by atoms with E-state index in [1.807, 2.05) is 6.92 Å². The van der Waals surface area contributed by atoms with Crippen LogP contribution in [-0.4, -0.2) is 25.0 Å². The largest absolute Gasteiger partial charge is 0.469 e. The van der Waals surface area contributed by atoms with Crippen LogP contribution in [0.5, 0.6) is 0 Å². The van der Waals surface area contributed by atoms with Gasteiger partial charge in [-0.25, -0.2) is 0 Å². The number of hydrogen-bond acceptors (Lipinski definition) is 3. The molecule has 1 heterocycles. The van der Waals surface area contributed by atoms with Gasteiger partial charge in [-0.3, -0.25) is 0 Å². The smallest absolute Gasteiger partial charge is 0.105 e. The molecule has 0 fully saturated rings. The second kappa shape index (κ2) is 6.95. The van der Waals surface area contributed by atoms with Crippen molar-refractivity contribution >= 4 is 0 Å². The quantitative estimate of drug-likeness (QED) is 0.723. The van der Waals surface area contributed by atoms with E-state index in [-0.39, 0.29) is 0 Å². The molecule has 1 aromatic rings. The van der Waals surface area contributed by atoms with E-state index in [0.29, 0.717) is 5.41 Å². The minimum atomic E-state index is 0.291. The number of unbranched alkanes of at least 4 members (excludes halogenated alkanes) is 1. The summed E-state index contributed by atoms with van der Waals surface area (Å²) in [5.41, 5.74) is 7.32. The van der Waals surface area contributed by atoms with Crippen LogP contribution in [0.25, 0.3) is 0 Å². The minimum absolute atomic E-state index is 0.291. The van der Waals surface area contributed by atoms with Crippen LogP contribution in [-0.2, 0) is 6.54 Å². The van der Waals surface area contributed by atoms with Crippen LogP contribution >= 0.6 is 0 Å². The normalized spacial score (nSPS) is 12.3. The summed E-state index contributed by atoms with van der Waals surface area (Å²) in [4.78, 5) is 2.35. The van der Waals surface area contributed by atoms with Crippen LogP contribution in [0.2, 0.25) is 0 Å². The van der Waals surface area contributed by atoms with Gasteiger partial charge in [0.05, 0.1) is 6.26 Å². The summed E-state index contributed by atoms with van der Waals surface area (Å²) in [7, 11) is 2.17. The molecule has 1 rings (SSSR count). The number of furan rings is 1. The Balaban J connectivity index is 2.18. The molecule has 0 unspecified atom stereocenters. The molecule has 0 aliphatic carbocycles. The Labute approximate surface area is 111 Å². The van der Waals surface area contributed by atoms with Crippen LogP contribution in [0.1, 0.15) is 44.4 Å². The lowest BCUT2D eigenvalue weighted by molar-refractivity contribution is 0.288. The average Bonchev–Trinajstić information content (AvgIpc) is 2.71. The molecule has 18 heavy (non-hydrogen) atoms. The highest BCUT2D eigenvalue weighted by Crippen LogP contribution is 2.21. The third kappa shape index (κ3) is 5.23. The maximum Gasteiger partial charge on any atom is 0.105 e. The molecule has 0 saturated heterocycles. The molecule has 0 amide bonds. The lowest BCUT2D eigenvalue weighted by Crippen LogP contribution is -2.24. The van der Waals surface area contributed by atoms with Crippen LogP contribution < -0.4 is 5.73 Å². The van der Waals surface area contributed by atoms with Crippen LogP contribution in [0, 0.1) is 12.3 Å². The number of rotatable bonds is 8. The van der Waals surface area contributed by atoms with E-state index in [4.69, 9.17) is 10.2 Å². The van der Waals surface area contributed by atoms with Crippen molar-refractivity contribution in [3.63, 3.8) is 0 Å². The molecule has 0 bridgehead atoms. The molecule has 0 saturated carbocycles. The maximum absolute atomic E-state index is 5.73. The monoisotopic (exact) mass is 252 g/mol. The van der Waals surface area contributed by atoms with E-state index in [2.05, 4.69) is 31.9 Å². The van der Waals surface area contributed by atoms with Crippen LogP contribution in [0.15, 0.2) is 16.7 Å². The Bertz CT molecular complexity index is 344. The maximum atomic E-state index is 5.73. The highest BCUT2D eigenvalue weighted by Gasteiger charge is 2.14. The average molecular weight is 252 g/mol. The molecule has 3 nitrogen and oxygen atoms in total. The molecule has 3 heteroatoms. The Morgan fingerprint density at radius 2 is 2.06 bits per heavy atom. The van der Waals surface area contributed by atoms with Crippen molar-refractivity contribution in [1.82, 2.24) is 4.90 Å². The Morgan fingerprint density at radius 1 is 1.33 bits per heavy atom. The highest BCUT2D eigenvalue weighted by atomic mass is 16.3. The van der Waals surface area contributed by atoms with Crippen molar-refractivity contribution in [1.29, 1.82) is 0 Å². The predicted molar refractivity (Wildman–Crippen MR) is 76.5 cm³/mol. The van der Waals surface area contributed by atoms with Crippen molar-refractivity contribution in [3.05, 3.63) is 23.7 Å².